The molecule has 0 bridgehead atoms. The summed E-state index contributed by atoms with van der Waals surface area (Å²) in [5.74, 6) is 2.41. The monoisotopic (exact) mass is 368 g/mol. The van der Waals surface area contributed by atoms with Crippen molar-refractivity contribution in [1.82, 2.24) is 19.7 Å². The second-order valence-electron chi connectivity index (χ2n) is 7.89. The molecule has 0 spiro atoms. The zero-order valence-corrected chi connectivity index (χ0v) is 16.1. The SMILES string of the molecule is CC(C)n1nc(N2CCCCC2CNc2cc(C3CC3)ncn2)ccc1=O. The van der Waals surface area contributed by atoms with Crippen LogP contribution < -0.4 is 15.8 Å². The number of piperidine rings is 1. The van der Waals surface area contributed by atoms with E-state index >= 15 is 0 Å². The third-order valence-electron chi connectivity index (χ3n) is 5.42. The summed E-state index contributed by atoms with van der Waals surface area (Å²) in [4.78, 5) is 23.1. The van der Waals surface area contributed by atoms with Crippen molar-refractivity contribution in [3.63, 3.8) is 0 Å². The lowest BCUT2D eigenvalue weighted by Gasteiger charge is -2.37. The van der Waals surface area contributed by atoms with Gasteiger partial charge in [-0.05, 0) is 52.0 Å². The summed E-state index contributed by atoms with van der Waals surface area (Å²) < 4.78 is 1.57. The molecule has 2 aliphatic rings. The van der Waals surface area contributed by atoms with E-state index in [1.54, 1.807) is 17.1 Å². The summed E-state index contributed by atoms with van der Waals surface area (Å²) in [5, 5.41) is 8.12. The van der Waals surface area contributed by atoms with E-state index in [1.165, 1.54) is 19.3 Å². The number of nitrogens with one attached hydrogen (secondary N) is 1. The zero-order chi connectivity index (χ0) is 18.8. The third kappa shape index (κ3) is 4.12. The van der Waals surface area contributed by atoms with Gasteiger partial charge in [0, 0.05) is 42.9 Å². The Balaban J connectivity index is 1.48. The van der Waals surface area contributed by atoms with E-state index in [0.29, 0.717) is 12.0 Å². The Morgan fingerprint density at radius 1 is 1.19 bits per heavy atom. The van der Waals surface area contributed by atoms with Crippen molar-refractivity contribution >= 4 is 11.6 Å². The molecular formula is C20H28N6O. The molecule has 2 fully saturated rings. The van der Waals surface area contributed by atoms with Crippen LogP contribution in [0.2, 0.25) is 0 Å². The maximum absolute atomic E-state index is 12.0. The molecule has 7 heteroatoms. The Kier molecular flexibility index (Phi) is 5.09. The van der Waals surface area contributed by atoms with Crippen molar-refractivity contribution in [3.05, 3.63) is 40.6 Å². The predicted molar refractivity (Wildman–Crippen MR) is 106 cm³/mol. The van der Waals surface area contributed by atoms with Gasteiger partial charge in [0.15, 0.2) is 0 Å². The topological polar surface area (TPSA) is 75.9 Å². The number of aromatic nitrogens is 4. The van der Waals surface area contributed by atoms with Crippen molar-refractivity contribution in [3.8, 4) is 0 Å². The minimum atomic E-state index is -0.0472. The normalized spacial score (nSPS) is 20.1. The quantitative estimate of drug-likeness (QED) is 0.845. The lowest BCUT2D eigenvalue weighted by molar-refractivity contribution is 0.451. The van der Waals surface area contributed by atoms with Gasteiger partial charge >= 0.3 is 0 Å². The van der Waals surface area contributed by atoms with E-state index in [0.717, 1.165) is 43.3 Å². The largest absolute Gasteiger partial charge is 0.368 e. The highest BCUT2D eigenvalue weighted by Gasteiger charge is 2.26. The third-order valence-corrected chi connectivity index (χ3v) is 5.42. The van der Waals surface area contributed by atoms with Crippen molar-refractivity contribution in [2.75, 3.05) is 23.3 Å². The highest BCUT2D eigenvalue weighted by atomic mass is 16.1. The molecule has 1 atom stereocenters. The Hall–Kier alpha value is -2.44. The van der Waals surface area contributed by atoms with Crippen molar-refractivity contribution in [2.45, 2.75) is 64.0 Å². The lowest BCUT2D eigenvalue weighted by Crippen LogP contribution is -2.45. The number of hydrogen-bond acceptors (Lipinski definition) is 6. The average Bonchev–Trinajstić information content (AvgIpc) is 3.52. The molecule has 4 rings (SSSR count). The van der Waals surface area contributed by atoms with Gasteiger partial charge < -0.3 is 10.2 Å². The van der Waals surface area contributed by atoms with Crippen molar-refractivity contribution in [2.24, 2.45) is 0 Å². The molecule has 2 aromatic heterocycles. The second kappa shape index (κ2) is 7.66. The molecule has 3 heterocycles. The van der Waals surface area contributed by atoms with Crippen molar-refractivity contribution < 1.29 is 0 Å². The van der Waals surface area contributed by atoms with E-state index < -0.39 is 0 Å². The van der Waals surface area contributed by atoms with Crippen LogP contribution in [0.3, 0.4) is 0 Å². The van der Waals surface area contributed by atoms with Gasteiger partial charge in [0.2, 0.25) is 0 Å². The Labute approximate surface area is 159 Å². The van der Waals surface area contributed by atoms with E-state index in [9.17, 15) is 4.79 Å². The highest BCUT2D eigenvalue weighted by Crippen LogP contribution is 2.39. The zero-order valence-electron chi connectivity index (χ0n) is 16.1. The van der Waals surface area contributed by atoms with Crippen LogP contribution in [0.4, 0.5) is 11.6 Å². The molecule has 1 N–H and O–H groups in total. The molecular weight excluding hydrogens is 340 g/mol. The predicted octanol–water partition coefficient (Wildman–Crippen LogP) is 2.96. The number of nitrogens with zero attached hydrogens (tertiary/aromatic N) is 5. The second-order valence-corrected chi connectivity index (χ2v) is 7.89. The van der Waals surface area contributed by atoms with E-state index in [1.807, 2.05) is 19.9 Å². The molecule has 1 saturated heterocycles. The first-order chi connectivity index (χ1) is 13.1. The maximum atomic E-state index is 12.0. The molecule has 1 aliphatic carbocycles. The summed E-state index contributed by atoms with van der Waals surface area (Å²) in [6.07, 6.45) is 7.61. The Bertz CT molecular complexity index is 844. The maximum Gasteiger partial charge on any atom is 0.267 e. The summed E-state index contributed by atoms with van der Waals surface area (Å²) in [6.45, 7) is 5.75. The van der Waals surface area contributed by atoms with E-state index in [4.69, 9.17) is 0 Å². The molecule has 27 heavy (non-hydrogen) atoms. The number of hydrogen-bond donors (Lipinski definition) is 1. The lowest BCUT2D eigenvalue weighted by atomic mass is 10.0. The summed E-state index contributed by atoms with van der Waals surface area (Å²) in [6, 6.07) is 5.97. The van der Waals surface area contributed by atoms with Gasteiger partial charge in [0.1, 0.15) is 18.0 Å². The first-order valence-corrected chi connectivity index (χ1v) is 10.0. The van der Waals surface area contributed by atoms with Gasteiger partial charge in [0.25, 0.3) is 5.56 Å². The Morgan fingerprint density at radius 3 is 2.81 bits per heavy atom. The van der Waals surface area contributed by atoms with Crippen LogP contribution in [0.1, 0.15) is 63.6 Å². The van der Waals surface area contributed by atoms with Crippen LogP contribution in [0.25, 0.3) is 0 Å². The summed E-state index contributed by atoms with van der Waals surface area (Å²) in [7, 11) is 0. The van der Waals surface area contributed by atoms with E-state index in [-0.39, 0.29) is 11.6 Å². The van der Waals surface area contributed by atoms with Crippen LogP contribution in [0.15, 0.2) is 29.3 Å². The molecule has 0 radical (unpaired) electrons. The fraction of sp³-hybridized carbons (Fsp3) is 0.600. The van der Waals surface area contributed by atoms with Crippen LogP contribution in [-0.2, 0) is 0 Å². The van der Waals surface area contributed by atoms with Crippen molar-refractivity contribution in [1.29, 1.82) is 0 Å². The molecule has 1 saturated carbocycles. The molecule has 7 nitrogen and oxygen atoms in total. The first kappa shape index (κ1) is 17.9. The van der Waals surface area contributed by atoms with Gasteiger partial charge in [-0.1, -0.05) is 0 Å². The fourth-order valence-corrected chi connectivity index (χ4v) is 3.75. The molecule has 2 aromatic rings. The number of anilines is 2. The molecule has 1 unspecified atom stereocenters. The van der Waals surface area contributed by atoms with E-state index in [2.05, 4.69) is 31.3 Å². The van der Waals surface area contributed by atoms with Gasteiger partial charge in [-0.15, -0.1) is 0 Å². The van der Waals surface area contributed by atoms with Gasteiger partial charge in [0.05, 0.1) is 6.04 Å². The molecule has 0 amide bonds. The smallest absolute Gasteiger partial charge is 0.267 e. The Morgan fingerprint density at radius 2 is 2.04 bits per heavy atom. The van der Waals surface area contributed by atoms with Crippen LogP contribution >= 0.6 is 0 Å². The fourth-order valence-electron chi connectivity index (χ4n) is 3.75. The average molecular weight is 368 g/mol. The summed E-state index contributed by atoms with van der Waals surface area (Å²) >= 11 is 0. The molecule has 1 aliphatic heterocycles. The van der Waals surface area contributed by atoms with Crippen LogP contribution in [0, 0.1) is 0 Å². The van der Waals surface area contributed by atoms with Crippen LogP contribution in [-0.4, -0.2) is 38.9 Å². The highest BCUT2D eigenvalue weighted by molar-refractivity contribution is 5.41. The number of rotatable bonds is 6. The minimum Gasteiger partial charge on any atom is -0.368 e. The molecule has 0 aromatic carbocycles. The van der Waals surface area contributed by atoms with Gasteiger partial charge in [-0.25, -0.2) is 14.6 Å². The summed E-state index contributed by atoms with van der Waals surface area (Å²) in [5.41, 5.74) is 1.10. The van der Waals surface area contributed by atoms with Gasteiger partial charge in [-0.2, -0.15) is 5.10 Å². The first-order valence-electron chi connectivity index (χ1n) is 10.0. The van der Waals surface area contributed by atoms with Crippen LogP contribution in [0.5, 0.6) is 0 Å². The van der Waals surface area contributed by atoms with Gasteiger partial charge in [-0.3, -0.25) is 4.79 Å². The molecule has 144 valence electrons. The minimum absolute atomic E-state index is 0.0472. The standard InChI is InChI=1S/C20H28N6O/c1-14(2)26-20(27)9-8-19(24-26)25-10-4-3-5-16(25)12-21-18-11-17(15-6-7-15)22-13-23-18/h8-9,11,13-16H,3-7,10,12H2,1-2H3,(H,21,22,23).